The van der Waals surface area contributed by atoms with Gasteiger partial charge in [-0.25, -0.2) is 32.9 Å². The summed E-state index contributed by atoms with van der Waals surface area (Å²) >= 11 is 0. The number of halogens is 1. The minimum Gasteiger partial charge on any atom is -0.453 e. The molecule has 1 amide bonds. The summed E-state index contributed by atoms with van der Waals surface area (Å²) in [7, 11) is 1.88. The minimum atomic E-state index is -0.955. The van der Waals surface area contributed by atoms with Crippen LogP contribution in [0.3, 0.4) is 0 Å². The molecule has 0 bridgehead atoms. The van der Waals surface area contributed by atoms with Crippen LogP contribution in [-0.2, 0) is 7.05 Å². The van der Waals surface area contributed by atoms with Gasteiger partial charge in [0.15, 0.2) is 5.75 Å². The molecule has 1 N–H and O–H groups in total. The third-order valence-electron chi connectivity index (χ3n) is 6.47. The first-order chi connectivity index (χ1) is 20.7. The van der Waals surface area contributed by atoms with E-state index in [9.17, 15) is 18.8 Å². The number of fused-ring (bicyclic) bond motifs is 1. The van der Waals surface area contributed by atoms with Gasteiger partial charge in [-0.3, -0.25) is 9.59 Å². The number of aryl methyl sites for hydroxylation is 1. The third-order valence-corrected chi connectivity index (χ3v) is 6.47. The second-order valence-electron chi connectivity index (χ2n) is 9.90. The largest absolute Gasteiger partial charge is 0.453 e. The highest BCUT2D eigenvalue weighted by Crippen LogP contribution is 2.31. The number of carbonyl (C=O) groups excluding carboxylic acids is 1. The summed E-state index contributed by atoms with van der Waals surface area (Å²) in [5, 5.41) is 10.9. The Morgan fingerprint density at radius 1 is 1.02 bits per heavy atom. The van der Waals surface area contributed by atoms with E-state index in [1.807, 2.05) is 36.1 Å². The maximum absolute atomic E-state index is 13.5. The number of rotatable bonds is 7. The van der Waals surface area contributed by atoms with Crippen LogP contribution in [0.15, 0.2) is 89.2 Å². The van der Waals surface area contributed by atoms with Gasteiger partial charge < -0.3 is 14.6 Å². The number of benzene rings is 1. The van der Waals surface area contributed by atoms with Crippen LogP contribution in [-0.4, -0.2) is 44.4 Å². The Morgan fingerprint density at radius 3 is 2.49 bits per heavy atom. The number of hydrogen-bond acceptors (Lipinski definition) is 8. The van der Waals surface area contributed by atoms with E-state index in [1.165, 1.54) is 24.4 Å². The first kappa shape index (κ1) is 27.3. The second kappa shape index (κ2) is 10.8. The molecule has 0 aliphatic rings. The molecule has 0 fully saturated rings. The van der Waals surface area contributed by atoms with Crippen LogP contribution in [0.5, 0.6) is 11.5 Å². The van der Waals surface area contributed by atoms with Gasteiger partial charge in [-0.1, -0.05) is 0 Å². The Balaban J connectivity index is 1.27. The molecular weight excluding hydrogens is 557 g/mol. The third kappa shape index (κ3) is 5.28. The van der Waals surface area contributed by atoms with Crippen LogP contribution in [0.4, 0.5) is 10.2 Å². The summed E-state index contributed by atoms with van der Waals surface area (Å²) in [6.45, 7) is 3.36. The molecule has 0 aliphatic heterocycles. The van der Waals surface area contributed by atoms with E-state index in [-0.39, 0.29) is 11.5 Å². The molecule has 5 heterocycles. The standard InChI is InChI=1S/C29H24FN9O4/c1-17(2)39-29(42)38(20-6-4-19(30)5-7-20)28(41)26(35-39)27(40)34-25-9-8-21(13-31-25)43-24-12-18(22-15-36(3)16-32-22)14-37-23(24)10-11-33-37/h4-17H,1-3H3,(H,31,34,40). The smallest absolute Gasteiger partial charge is 0.352 e. The van der Waals surface area contributed by atoms with Gasteiger partial charge in [-0.15, -0.1) is 0 Å². The molecule has 0 radical (unpaired) electrons. The number of aromatic nitrogens is 8. The van der Waals surface area contributed by atoms with Gasteiger partial charge in [-0.05, 0) is 62.4 Å². The average molecular weight is 582 g/mol. The predicted molar refractivity (Wildman–Crippen MR) is 154 cm³/mol. The van der Waals surface area contributed by atoms with Crippen molar-refractivity contribution < 1.29 is 13.9 Å². The molecule has 5 aromatic heterocycles. The number of nitrogens with one attached hydrogen (secondary N) is 1. The highest BCUT2D eigenvalue weighted by molar-refractivity contribution is 6.02. The van der Waals surface area contributed by atoms with Gasteiger partial charge in [0.25, 0.3) is 11.5 Å². The normalized spacial score (nSPS) is 11.3. The van der Waals surface area contributed by atoms with Crippen LogP contribution in [0.1, 0.15) is 30.4 Å². The molecule has 6 aromatic rings. The minimum absolute atomic E-state index is 0.0984. The van der Waals surface area contributed by atoms with Gasteiger partial charge in [-0.2, -0.15) is 10.2 Å². The van der Waals surface area contributed by atoms with Gasteiger partial charge in [0, 0.05) is 25.0 Å². The van der Waals surface area contributed by atoms with Crippen LogP contribution in [0, 0.1) is 5.82 Å². The van der Waals surface area contributed by atoms with Crippen LogP contribution < -0.4 is 21.3 Å². The molecule has 216 valence electrons. The molecule has 0 spiro atoms. The summed E-state index contributed by atoms with van der Waals surface area (Å²) < 4.78 is 24.9. The Morgan fingerprint density at radius 2 is 1.81 bits per heavy atom. The molecule has 6 rings (SSSR count). The van der Waals surface area contributed by atoms with Crippen LogP contribution >= 0.6 is 0 Å². The Labute approximate surface area is 242 Å². The molecule has 14 heteroatoms. The maximum atomic E-state index is 13.5. The average Bonchev–Trinajstić information content (AvgIpc) is 3.64. The van der Waals surface area contributed by atoms with E-state index in [4.69, 9.17) is 4.74 Å². The molecule has 13 nitrogen and oxygen atoms in total. The summed E-state index contributed by atoms with van der Waals surface area (Å²) in [6.07, 6.45) is 8.49. The van der Waals surface area contributed by atoms with Crippen molar-refractivity contribution in [1.29, 1.82) is 0 Å². The summed E-state index contributed by atoms with van der Waals surface area (Å²) in [5.74, 6) is -0.404. The number of anilines is 1. The van der Waals surface area contributed by atoms with Crippen molar-refractivity contribution in [2.24, 2.45) is 7.05 Å². The van der Waals surface area contributed by atoms with E-state index in [0.29, 0.717) is 11.5 Å². The zero-order valence-electron chi connectivity index (χ0n) is 23.2. The van der Waals surface area contributed by atoms with Crippen molar-refractivity contribution in [2.45, 2.75) is 19.9 Å². The molecule has 43 heavy (non-hydrogen) atoms. The van der Waals surface area contributed by atoms with Crippen LogP contribution in [0.2, 0.25) is 0 Å². The fourth-order valence-corrected chi connectivity index (χ4v) is 4.38. The fourth-order valence-electron chi connectivity index (χ4n) is 4.38. The van der Waals surface area contributed by atoms with Gasteiger partial charge in [0.2, 0.25) is 5.69 Å². The first-order valence-corrected chi connectivity index (χ1v) is 13.1. The molecule has 0 unspecified atom stereocenters. The fraction of sp³-hybridized carbons (Fsp3) is 0.138. The number of pyridine rings is 2. The second-order valence-corrected chi connectivity index (χ2v) is 9.90. The van der Waals surface area contributed by atoms with Gasteiger partial charge in [0.1, 0.15) is 22.9 Å². The first-order valence-electron chi connectivity index (χ1n) is 13.1. The Hall–Kier alpha value is -5.92. The van der Waals surface area contributed by atoms with E-state index in [1.54, 1.807) is 37.0 Å². The number of nitrogens with zero attached hydrogens (tertiary/aromatic N) is 8. The number of carbonyl (C=O) groups is 1. The summed E-state index contributed by atoms with van der Waals surface area (Å²) in [5.41, 5.74) is 0.115. The van der Waals surface area contributed by atoms with Crippen molar-refractivity contribution in [3.05, 3.63) is 112 Å². The molecule has 0 atom stereocenters. The SMILES string of the molecule is CC(C)n1nc(C(=O)Nc2ccc(Oc3cc(-c4cn(C)cn4)cn4nccc34)cn2)c(=O)n(-c2ccc(F)cc2)c1=O. The van der Waals surface area contributed by atoms with E-state index < -0.39 is 34.7 Å². The summed E-state index contributed by atoms with van der Waals surface area (Å²) in [6, 6.07) is 11.0. The predicted octanol–water partition coefficient (Wildman–Crippen LogP) is 3.60. The molecular formula is C29H24FN9O4. The van der Waals surface area contributed by atoms with E-state index in [2.05, 4.69) is 25.5 Å². The maximum Gasteiger partial charge on any atom is 0.352 e. The van der Waals surface area contributed by atoms with Crippen molar-refractivity contribution >= 4 is 17.2 Å². The van der Waals surface area contributed by atoms with Crippen molar-refractivity contribution in [3.8, 4) is 28.4 Å². The lowest BCUT2D eigenvalue weighted by Gasteiger charge is -2.14. The lowest BCUT2D eigenvalue weighted by Crippen LogP contribution is -2.45. The zero-order chi connectivity index (χ0) is 30.2. The monoisotopic (exact) mass is 581 g/mol. The van der Waals surface area contributed by atoms with E-state index >= 15 is 0 Å². The highest BCUT2D eigenvalue weighted by atomic mass is 19.1. The Kier molecular flexibility index (Phi) is 6.85. The lowest BCUT2D eigenvalue weighted by molar-refractivity contribution is 0.101. The van der Waals surface area contributed by atoms with Gasteiger partial charge >= 0.3 is 5.69 Å². The molecule has 0 aliphatic carbocycles. The molecule has 0 saturated heterocycles. The highest BCUT2D eigenvalue weighted by Gasteiger charge is 2.22. The van der Waals surface area contributed by atoms with E-state index in [0.717, 1.165) is 38.2 Å². The number of amides is 1. The lowest BCUT2D eigenvalue weighted by atomic mass is 10.2. The van der Waals surface area contributed by atoms with Crippen molar-refractivity contribution in [1.82, 2.24) is 38.5 Å². The molecule has 0 saturated carbocycles. The molecule has 1 aromatic carbocycles. The van der Waals surface area contributed by atoms with Crippen molar-refractivity contribution in [2.75, 3.05) is 5.32 Å². The number of ether oxygens (including phenoxy) is 1. The summed E-state index contributed by atoms with van der Waals surface area (Å²) in [4.78, 5) is 48.1. The van der Waals surface area contributed by atoms with Crippen molar-refractivity contribution in [3.63, 3.8) is 0 Å². The van der Waals surface area contributed by atoms with Gasteiger partial charge in [0.05, 0.1) is 36.1 Å². The number of hydrogen-bond donors (Lipinski definition) is 1. The van der Waals surface area contributed by atoms with Crippen LogP contribution in [0.25, 0.3) is 22.5 Å². The Bertz CT molecular complexity index is 2090. The quantitative estimate of drug-likeness (QED) is 0.301. The topological polar surface area (TPSA) is 143 Å². The number of imidazole rings is 1. The zero-order valence-corrected chi connectivity index (χ0v) is 23.2.